The number of carbonyl (C=O) groups excluding carboxylic acids is 2. The van der Waals surface area contributed by atoms with Crippen molar-refractivity contribution in [2.75, 3.05) is 32.1 Å². The summed E-state index contributed by atoms with van der Waals surface area (Å²) in [6.07, 6.45) is 0. The van der Waals surface area contributed by atoms with Gasteiger partial charge in [0, 0.05) is 16.7 Å². The highest BCUT2D eigenvalue weighted by atomic mass is 79.9. The van der Waals surface area contributed by atoms with Crippen molar-refractivity contribution in [3.05, 3.63) is 52.1 Å². The molecular weight excluding hydrogens is 388 g/mol. The lowest BCUT2D eigenvalue weighted by atomic mass is 10.1. The van der Waals surface area contributed by atoms with Crippen LogP contribution in [0.1, 0.15) is 0 Å². The molecule has 1 heterocycles. The Labute approximate surface area is 153 Å². The van der Waals surface area contributed by atoms with Gasteiger partial charge in [-0.2, -0.15) is 0 Å². The van der Waals surface area contributed by atoms with Gasteiger partial charge in [0.25, 0.3) is 5.91 Å². The lowest BCUT2D eigenvalue weighted by Gasteiger charge is -2.15. The molecule has 130 valence electrons. The minimum Gasteiger partial charge on any atom is -0.466 e. The Balaban J connectivity index is 1.94. The maximum absolute atomic E-state index is 12.5. The van der Waals surface area contributed by atoms with Gasteiger partial charge in [-0.3, -0.25) is 4.79 Å². The average molecular weight is 405 g/mol. The Morgan fingerprint density at radius 1 is 1.28 bits per heavy atom. The van der Waals surface area contributed by atoms with E-state index in [4.69, 9.17) is 9.84 Å². The van der Waals surface area contributed by atoms with Crippen LogP contribution in [0.4, 0.5) is 5.69 Å². The second kappa shape index (κ2) is 7.25. The third-order valence-electron chi connectivity index (χ3n) is 4.03. The highest BCUT2D eigenvalue weighted by molar-refractivity contribution is 9.10. The van der Waals surface area contributed by atoms with E-state index >= 15 is 0 Å². The number of fused-ring (bicyclic) bond motifs is 1. The van der Waals surface area contributed by atoms with E-state index in [9.17, 15) is 9.59 Å². The van der Waals surface area contributed by atoms with E-state index in [1.165, 1.54) is 12.0 Å². The number of esters is 1. The van der Waals surface area contributed by atoms with Crippen LogP contribution in [-0.2, 0) is 14.3 Å². The molecule has 0 aromatic heterocycles. The summed E-state index contributed by atoms with van der Waals surface area (Å²) in [4.78, 5) is 25.9. The van der Waals surface area contributed by atoms with Crippen molar-refractivity contribution in [3.63, 3.8) is 0 Å². The normalized spacial score (nSPS) is 14.4. The van der Waals surface area contributed by atoms with Crippen LogP contribution in [0.15, 0.2) is 52.1 Å². The third-order valence-corrected chi connectivity index (χ3v) is 4.52. The second-order valence-corrected chi connectivity index (χ2v) is 6.54. The van der Waals surface area contributed by atoms with Crippen LogP contribution in [0.5, 0.6) is 0 Å². The van der Waals surface area contributed by atoms with Crippen molar-refractivity contribution in [2.24, 2.45) is 0 Å². The minimum atomic E-state index is -0.555. The number of aliphatic hydroxyl groups excluding tert-OH is 1. The third kappa shape index (κ3) is 3.52. The molecule has 0 fully saturated rings. The van der Waals surface area contributed by atoms with Crippen LogP contribution in [-0.4, -0.2) is 48.7 Å². The first kappa shape index (κ1) is 17.4. The number of amides is 1. The number of β-amino-alcohol motifs (C(OH)–C–C–N with tert-alkyl or cyclic N) is 1. The van der Waals surface area contributed by atoms with E-state index in [1.807, 2.05) is 36.4 Å². The van der Waals surface area contributed by atoms with Gasteiger partial charge in [0.15, 0.2) is 0 Å². The SMILES string of the molecule is COC(=O)C1=C(Nc2ccc3cc(Br)ccc3c2)C(=O)N(CCO)C1. The van der Waals surface area contributed by atoms with E-state index in [0.29, 0.717) is 5.69 Å². The van der Waals surface area contributed by atoms with Crippen LogP contribution in [0, 0.1) is 0 Å². The maximum Gasteiger partial charge on any atom is 0.337 e. The van der Waals surface area contributed by atoms with Crippen LogP contribution in [0.3, 0.4) is 0 Å². The van der Waals surface area contributed by atoms with Crippen molar-refractivity contribution in [1.82, 2.24) is 4.90 Å². The Morgan fingerprint density at radius 2 is 2.00 bits per heavy atom. The predicted octanol–water partition coefficient (Wildman–Crippen LogP) is 2.28. The monoisotopic (exact) mass is 404 g/mol. The highest BCUT2D eigenvalue weighted by Crippen LogP contribution is 2.26. The molecule has 25 heavy (non-hydrogen) atoms. The van der Waals surface area contributed by atoms with Gasteiger partial charge in [0.2, 0.25) is 0 Å². The zero-order valence-electron chi connectivity index (χ0n) is 13.6. The molecule has 0 saturated heterocycles. The Hall–Kier alpha value is -2.38. The van der Waals surface area contributed by atoms with E-state index < -0.39 is 5.97 Å². The number of halogens is 1. The summed E-state index contributed by atoms with van der Waals surface area (Å²) < 4.78 is 5.76. The summed E-state index contributed by atoms with van der Waals surface area (Å²) in [5, 5.41) is 14.2. The minimum absolute atomic E-state index is 0.120. The molecular formula is C18H17BrN2O4. The number of hydrogen-bond acceptors (Lipinski definition) is 5. The van der Waals surface area contributed by atoms with E-state index in [-0.39, 0.29) is 36.9 Å². The Morgan fingerprint density at radius 3 is 2.72 bits per heavy atom. The number of carbonyl (C=O) groups is 2. The maximum atomic E-state index is 12.5. The smallest absolute Gasteiger partial charge is 0.337 e. The van der Waals surface area contributed by atoms with Crippen molar-refractivity contribution >= 4 is 44.3 Å². The molecule has 2 aromatic carbocycles. The largest absolute Gasteiger partial charge is 0.466 e. The zero-order valence-corrected chi connectivity index (χ0v) is 15.2. The Kier molecular flexibility index (Phi) is 5.06. The molecule has 1 aliphatic rings. The van der Waals surface area contributed by atoms with Crippen molar-refractivity contribution in [1.29, 1.82) is 0 Å². The summed E-state index contributed by atoms with van der Waals surface area (Å²) in [6.45, 7) is 0.115. The number of rotatable bonds is 5. The lowest BCUT2D eigenvalue weighted by molar-refractivity contribution is -0.136. The van der Waals surface area contributed by atoms with Gasteiger partial charge in [-0.15, -0.1) is 0 Å². The number of nitrogens with one attached hydrogen (secondary N) is 1. The highest BCUT2D eigenvalue weighted by Gasteiger charge is 2.34. The van der Waals surface area contributed by atoms with Gasteiger partial charge >= 0.3 is 5.97 Å². The molecule has 7 heteroatoms. The molecule has 2 N–H and O–H groups in total. The van der Waals surface area contributed by atoms with Crippen LogP contribution in [0.25, 0.3) is 10.8 Å². The van der Waals surface area contributed by atoms with E-state index in [2.05, 4.69) is 21.2 Å². The first-order valence-corrected chi connectivity index (χ1v) is 8.50. The average Bonchev–Trinajstić information content (AvgIpc) is 2.91. The molecule has 2 aromatic rings. The van der Waals surface area contributed by atoms with Crippen molar-refractivity contribution < 1.29 is 19.4 Å². The number of benzene rings is 2. The van der Waals surface area contributed by atoms with Crippen LogP contribution < -0.4 is 5.32 Å². The summed E-state index contributed by atoms with van der Waals surface area (Å²) >= 11 is 3.44. The molecule has 6 nitrogen and oxygen atoms in total. The number of ether oxygens (including phenoxy) is 1. The molecule has 0 aliphatic carbocycles. The van der Waals surface area contributed by atoms with Gasteiger partial charge < -0.3 is 20.1 Å². The fourth-order valence-corrected chi connectivity index (χ4v) is 3.17. The molecule has 0 spiro atoms. The molecule has 0 saturated carbocycles. The van der Waals surface area contributed by atoms with Gasteiger partial charge in [0.1, 0.15) is 5.70 Å². The molecule has 1 amide bonds. The summed E-state index contributed by atoms with van der Waals surface area (Å²) in [5.41, 5.74) is 1.15. The summed E-state index contributed by atoms with van der Waals surface area (Å²) in [7, 11) is 1.28. The fraction of sp³-hybridized carbons (Fsp3) is 0.222. The van der Waals surface area contributed by atoms with E-state index in [0.717, 1.165) is 15.2 Å². The van der Waals surface area contributed by atoms with Gasteiger partial charge in [0.05, 0.1) is 25.8 Å². The summed E-state index contributed by atoms with van der Waals surface area (Å²) in [6, 6.07) is 11.6. The fourth-order valence-electron chi connectivity index (χ4n) is 2.79. The van der Waals surface area contributed by atoms with Gasteiger partial charge in [-0.1, -0.05) is 28.1 Å². The molecule has 0 atom stereocenters. The number of hydrogen-bond donors (Lipinski definition) is 2. The number of anilines is 1. The molecule has 0 unspecified atom stereocenters. The first-order valence-electron chi connectivity index (χ1n) is 7.71. The molecule has 3 rings (SSSR count). The molecule has 1 aliphatic heterocycles. The predicted molar refractivity (Wildman–Crippen MR) is 98.0 cm³/mol. The van der Waals surface area contributed by atoms with Gasteiger partial charge in [-0.05, 0) is 35.0 Å². The number of methoxy groups -OCH3 is 1. The zero-order chi connectivity index (χ0) is 18.0. The topological polar surface area (TPSA) is 78.9 Å². The van der Waals surface area contributed by atoms with Gasteiger partial charge in [-0.25, -0.2) is 4.79 Å². The molecule has 0 bridgehead atoms. The number of nitrogens with zero attached hydrogens (tertiary/aromatic N) is 1. The van der Waals surface area contributed by atoms with Crippen LogP contribution in [0.2, 0.25) is 0 Å². The summed E-state index contributed by atoms with van der Waals surface area (Å²) in [5.74, 6) is -0.883. The lowest BCUT2D eigenvalue weighted by Crippen LogP contribution is -2.31. The van der Waals surface area contributed by atoms with Crippen molar-refractivity contribution in [3.8, 4) is 0 Å². The standard InChI is InChI=1S/C18H17BrN2O4/c1-25-18(24)15-10-21(6-7-22)17(23)16(15)20-14-5-3-11-8-13(19)4-2-12(11)9-14/h2-5,8-9,20,22H,6-7,10H2,1H3. The van der Waals surface area contributed by atoms with E-state index in [1.54, 1.807) is 0 Å². The molecule has 0 radical (unpaired) electrons. The van der Waals surface area contributed by atoms with Crippen molar-refractivity contribution in [2.45, 2.75) is 0 Å². The van der Waals surface area contributed by atoms with Crippen LogP contribution >= 0.6 is 15.9 Å². The second-order valence-electron chi connectivity index (χ2n) is 5.63. The quantitative estimate of drug-likeness (QED) is 0.747. The Bertz CT molecular complexity index is 879. The number of aliphatic hydroxyl groups is 1. The first-order chi connectivity index (χ1) is 12.0.